The molecule has 0 spiro atoms. The number of para-hydroxylation sites is 1. The maximum Gasteiger partial charge on any atom is 0.281 e. The van der Waals surface area contributed by atoms with Crippen LogP contribution in [0.5, 0.6) is 0 Å². The van der Waals surface area contributed by atoms with Crippen LogP contribution in [-0.4, -0.2) is 23.4 Å². The van der Waals surface area contributed by atoms with Gasteiger partial charge in [0.1, 0.15) is 6.07 Å². The van der Waals surface area contributed by atoms with Crippen LogP contribution in [0, 0.1) is 11.3 Å². The fourth-order valence-corrected chi connectivity index (χ4v) is 3.65. The Morgan fingerprint density at radius 1 is 1.42 bits per heavy atom. The van der Waals surface area contributed by atoms with E-state index in [0.717, 1.165) is 4.68 Å². The van der Waals surface area contributed by atoms with E-state index in [0.29, 0.717) is 0 Å². The number of aromatic nitrogens is 3. The molecule has 1 heterocycles. The van der Waals surface area contributed by atoms with Crippen molar-refractivity contribution in [3.8, 4) is 6.07 Å². The molecule has 98 valence electrons. The van der Waals surface area contributed by atoms with Crippen LogP contribution in [0.1, 0.15) is 5.56 Å². The van der Waals surface area contributed by atoms with Crippen LogP contribution in [0.3, 0.4) is 0 Å². The molecular weight excluding hydrogens is 334 g/mol. The monoisotopic (exact) mass is 341 g/mol. The largest absolute Gasteiger partial charge is 0.281 e. The lowest BCUT2D eigenvalue weighted by Crippen LogP contribution is -2.17. The van der Waals surface area contributed by atoms with E-state index in [4.69, 9.17) is 5.26 Å². The average Bonchev–Trinajstić information content (AvgIpc) is 2.70. The second-order valence-electron chi connectivity index (χ2n) is 3.57. The van der Waals surface area contributed by atoms with E-state index in [-0.39, 0.29) is 20.9 Å². The lowest BCUT2D eigenvalue weighted by molar-refractivity contribution is 0.578. The summed E-state index contributed by atoms with van der Waals surface area (Å²) in [5.41, 5.74) is 0.440. The van der Waals surface area contributed by atoms with E-state index in [2.05, 4.69) is 31.0 Å². The maximum absolute atomic E-state index is 12.2. The summed E-state index contributed by atoms with van der Waals surface area (Å²) in [6.45, 7) is 0. The molecule has 0 atom stereocenters. The van der Waals surface area contributed by atoms with Crippen molar-refractivity contribution >= 4 is 31.6 Å². The summed E-state index contributed by atoms with van der Waals surface area (Å²) in [6, 6.07) is 8.23. The molecule has 0 aliphatic heterocycles. The zero-order chi connectivity index (χ0) is 14.0. The Bertz CT molecular complexity index is 743. The number of nitrogens with one attached hydrogen (secondary N) is 1. The number of nitrogens with zero attached hydrogens (tertiary/aromatic N) is 4. The first-order valence-electron chi connectivity index (χ1n) is 5.03. The zero-order valence-electron chi connectivity index (χ0n) is 9.70. The molecular formula is C10H8BrN5O2S. The van der Waals surface area contributed by atoms with Gasteiger partial charge in [-0.2, -0.15) is 13.7 Å². The molecule has 1 aromatic carbocycles. The van der Waals surface area contributed by atoms with Crippen LogP contribution >= 0.6 is 15.9 Å². The van der Waals surface area contributed by atoms with Gasteiger partial charge in [-0.05, 0) is 28.1 Å². The predicted octanol–water partition coefficient (Wildman–Crippen LogP) is 1.25. The van der Waals surface area contributed by atoms with Gasteiger partial charge in [-0.3, -0.25) is 4.72 Å². The van der Waals surface area contributed by atoms with Gasteiger partial charge in [0, 0.05) is 7.05 Å². The summed E-state index contributed by atoms with van der Waals surface area (Å²) >= 11 is 3.02. The van der Waals surface area contributed by atoms with Crippen LogP contribution < -0.4 is 4.72 Å². The molecule has 2 aromatic rings. The van der Waals surface area contributed by atoms with Crippen molar-refractivity contribution in [2.24, 2.45) is 7.05 Å². The number of rotatable bonds is 3. The van der Waals surface area contributed by atoms with Crippen LogP contribution in [-0.2, 0) is 17.1 Å². The van der Waals surface area contributed by atoms with Gasteiger partial charge >= 0.3 is 0 Å². The van der Waals surface area contributed by atoms with Gasteiger partial charge in [0.25, 0.3) is 10.0 Å². The van der Waals surface area contributed by atoms with E-state index >= 15 is 0 Å². The first-order valence-corrected chi connectivity index (χ1v) is 7.30. The number of halogens is 1. The average molecular weight is 342 g/mol. The minimum atomic E-state index is -3.87. The molecule has 0 aliphatic carbocycles. The van der Waals surface area contributed by atoms with Crippen molar-refractivity contribution in [1.29, 1.82) is 5.26 Å². The fraction of sp³-hybridized carbons (Fsp3) is 0.100. The number of hydrogen-bond donors (Lipinski definition) is 1. The summed E-state index contributed by atoms with van der Waals surface area (Å²) in [4.78, 5) is 0. The Labute approximate surface area is 118 Å². The van der Waals surface area contributed by atoms with Crippen molar-refractivity contribution in [3.63, 3.8) is 0 Å². The number of aryl methyl sites for hydroxylation is 1. The second kappa shape index (κ2) is 4.99. The van der Waals surface area contributed by atoms with Crippen molar-refractivity contribution in [2.75, 3.05) is 4.72 Å². The smallest absolute Gasteiger partial charge is 0.277 e. The highest BCUT2D eigenvalue weighted by Crippen LogP contribution is 2.23. The Hall–Kier alpha value is -1.92. The first-order chi connectivity index (χ1) is 8.95. The van der Waals surface area contributed by atoms with Gasteiger partial charge < -0.3 is 0 Å². The van der Waals surface area contributed by atoms with Gasteiger partial charge in [-0.15, -0.1) is 5.10 Å². The molecule has 9 heteroatoms. The third kappa shape index (κ3) is 2.59. The lowest BCUT2D eigenvalue weighted by atomic mass is 10.2. The molecule has 7 nitrogen and oxygen atoms in total. The van der Waals surface area contributed by atoms with Crippen molar-refractivity contribution in [3.05, 3.63) is 34.4 Å². The highest BCUT2D eigenvalue weighted by atomic mass is 79.9. The summed E-state index contributed by atoms with van der Waals surface area (Å²) in [5.74, 6) is 0. The Morgan fingerprint density at radius 2 is 2.11 bits per heavy atom. The van der Waals surface area contributed by atoms with Crippen LogP contribution in [0.25, 0.3) is 0 Å². The third-order valence-corrected chi connectivity index (χ3v) is 4.54. The van der Waals surface area contributed by atoms with E-state index in [1.165, 1.54) is 19.2 Å². The number of sulfonamides is 1. The molecule has 0 unspecified atom stereocenters. The molecule has 0 saturated carbocycles. The molecule has 1 N–H and O–H groups in total. The fourth-order valence-electron chi connectivity index (χ4n) is 1.47. The molecule has 1 aromatic heterocycles. The SMILES string of the molecule is Cn1nnc(Br)c1S(=O)(=O)Nc1ccccc1C#N. The highest BCUT2D eigenvalue weighted by molar-refractivity contribution is 9.10. The topological polar surface area (TPSA) is 101 Å². The quantitative estimate of drug-likeness (QED) is 0.905. The summed E-state index contributed by atoms with van der Waals surface area (Å²) in [5, 5.41) is 16.0. The predicted molar refractivity (Wildman–Crippen MR) is 70.7 cm³/mol. The van der Waals surface area contributed by atoms with Crippen LogP contribution in [0.15, 0.2) is 33.9 Å². The number of hydrogen-bond acceptors (Lipinski definition) is 5. The van der Waals surface area contributed by atoms with Crippen molar-refractivity contribution in [1.82, 2.24) is 15.0 Å². The van der Waals surface area contributed by atoms with Crippen LogP contribution in [0.4, 0.5) is 5.69 Å². The van der Waals surface area contributed by atoms with Gasteiger partial charge in [-0.25, -0.2) is 4.68 Å². The first kappa shape index (κ1) is 13.5. The molecule has 0 amide bonds. The number of nitriles is 1. The Morgan fingerprint density at radius 3 is 2.68 bits per heavy atom. The van der Waals surface area contributed by atoms with Gasteiger partial charge in [0.15, 0.2) is 4.60 Å². The van der Waals surface area contributed by atoms with Crippen molar-refractivity contribution in [2.45, 2.75) is 5.03 Å². The molecule has 0 radical (unpaired) electrons. The highest BCUT2D eigenvalue weighted by Gasteiger charge is 2.24. The number of benzene rings is 1. The van der Waals surface area contributed by atoms with E-state index in [1.54, 1.807) is 12.1 Å². The molecule has 0 bridgehead atoms. The minimum Gasteiger partial charge on any atom is -0.277 e. The molecule has 0 aliphatic rings. The maximum atomic E-state index is 12.2. The Balaban J connectivity index is 2.46. The zero-order valence-corrected chi connectivity index (χ0v) is 12.1. The third-order valence-electron chi connectivity index (χ3n) is 2.28. The summed E-state index contributed by atoms with van der Waals surface area (Å²) in [7, 11) is -2.41. The van der Waals surface area contributed by atoms with E-state index in [9.17, 15) is 8.42 Å². The lowest BCUT2D eigenvalue weighted by Gasteiger charge is -2.08. The van der Waals surface area contributed by atoms with E-state index < -0.39 is 10.0 Å². The normalized spacial score (nSPS) is 11.0. The van der Waals surface area contributed by atoms with Crippen LogP contribution in [0.2, 0.25) is 0 Å². The minimum absolute atomic E-state index is 0.108. The van der Waals surface area contributed by atoms with Gasteiger partial charge in [-0.1, -0.05) is 17.3 Å². The summed E-state index contributed by atoms with van der Waals surface area (Å²) < 4.78 is 28.0. The molecule has 0 saturated heterocycles. The molecule has 0 fully saturated rings. The Kier molecular flexibility index (Phi) is 3.55. The van der Waals surface area contributed by atoms with Gasteiger partial charge in [0.2, 0.25) is 5.03 Å². The summed E-state index contributed by atoms with van der Waals surface area (Å²) in [6.07, 6.45) is 0. The second-order valence-corrected chi connectivity index (χ2v) is 5.92. The number of anilines is 1. The standard InChI is InChI=1S/C10H8BrN5O2S/c1-16-10(9(11)13-15-16)19(17,18)14-8-5-3-2-4-7(8)6-12/h2-5,14H,1H3. The van der Waals surface area contributed by atoms with Gasteiger partial charge in [0.05, 0.1) is 11.3 Å². The van der Waals surface area contributed by atoms with E-state index in [1.807, 2.05) is 6.07 Å². The molecule has 2 rings (SSSR count). The molecule has 19 heavy (non-hydrogen) atoms. The van der Waals surface area contributed by atoms with Crippen molar-refractivity contribution < 1.29 is 8.42 Å².